The number of carboxylic acids is 1. The fraction of sp³-hybridized carbons (Fsp3) is 0.267. The van der Waals surface area contributed by atoms with Crippen molar-refractivity contribution in [1.82, 2.24) is 10.3 Å². The van der Waals surface area contributed by atoms with Crippen LogP contribution in [0.25, 0.3) is 11.3 Å². The second-order valence-corrected chi connectivity index (χ2v) is 4.87. The molecule has 1 heterocycles. The lowest BCUT2D eigenvalue weighted by molar-refractivity contribution is -0.141. The minimum absolute atomic E-state index is 0.0243. The van der Waals surface area contributed by atoms with Gasteiger partial charge in [0.2, 0.25) is 5.91 Å². The van der Waals surface area contributed by atoms with Gasteiger partial charge in [-0.1, -0.05) is 0 Å². The Labute approximate surface area is 130 Å². The molecule has 0 aliphatic rings. The molecule has 0 aliphatic carbocycles. The predicted octanol–water partition coefficient (Wildman–Crippen LogP) is 2.14. The van der Waals surface area contributed by atoms with Gasteiger partial charge in [-0.2, -0.15) is 0 Å². The molecular weight excluding hydrogens is 310 g/mol. The van der Waals surface area contributed by atoms with Gasteiger partial charge in [0.05, 0.1) is 11.8 Å². The van der Waals surface area contributed by atoms with Crippen molar-refractivity contribution < 1.29 is 27.9 Å². The number of rotatable bonds is 6. The summed E-state index contributed by atoms with van der Waals surface area (Å²) < 4.78 is 31.8. The lowest BCUT2D eigenvalue weighted by Crippen LogP contribution is -2.38. The minimum atomic E-state index is -1.14. The average Bonchev–Trinajstić information content (AvgIpc) is 2.93. The zero-order valence-corrected chi connectivity index (χ0v) is 12.2. The maximum absolute atomic E-state index is 13.6. The fourth-order valence-corrected chi connectivity index (χ4v) is 1.84. The molecule has 2 aromatic rings. The van der Waals surface area contributed by atoms with Crippen LogP contribution < -0.4 is 5.32 Å². The molecule has 0 spiro atoms. The Hall–Kier alpha value is -2.77. The predicted molar refractivity (Wildman–Crippen MR) is 75.4 cm³/mol. The number of nitrogens with one attached hydrogen (secondary N) is 1. The van der Waals surface area contributed by atoms with E-state index in [-0.39, 0.29) is 30.1 Å². The van der Waals surface area contributed by atoms with Crippen LogP contribution in [0.3, 0.4) is 0 Å². The molecule has 0 saturated carbocycles. The summed E-state index contributed by atoms with van der Waals surface area (Å²) in [6.07, 6.45) is 1.38. The molecule has 1 aromatic carbocycles. The molecule has 6 nitrogen and oxygen atoms in total. The molecule has 0 aliphatic heterocycles. The number of nitrogens with zero attached hydrogens (tertiary/aromatic N) is 1. The number of amides is 1. The summed E-state index contributed by atoms with van der Waals surface area (Å²) in [6.45, 7) is 1.35. The van der Waals surface area contributed by atoms with Crippen LogP contribution in [0.2, 0.25) is 0 Å². The van der Waals surface area contributed by atoms with Gasteiger partial charge in [0.15, 0.2) is 11.7 Å². The average molecular weight is 324 g/mol. The van der Waals surface area contributed by atoms with Gasteiger partial charge in [-0.3, -0.25) is 9.59 Å². The third-order valence-corrected chi connectivity index (χ3v) is 3.06. The number of benzene rings is 1. The van der Waals surface area contributed by atoms with Crippen LogP contribution in [-0.2, 0) is 16.0 Å². The van der Waals surface area contributed by atoms with Crippen LogP contribution in [-0.4, -0.2) is 28.0 Å². The molecule has 122 valence electrons. The molecule has 2 rings (SSSR count). The summed E-state index contributed by atoms with van der Waals surface area (Å²) in [4.78, 5) is 26.1. The van der Waals surface area contributed by atoms with Crippen molar-refractivity contribution in [3.05, 3.63) is 41.9 Å². The number of aryl methyl sites for hydroxylation is 1. The Bertz CT molecular complexity index is 730. The van der Waals surface area contributed by atoms with Gasteiger partial charge in [0, 0.05) is 18.9 Å². The van der Waals surface area contributed by atoms with E-state index in [4.69, 9.17) is 9.52 Å². The van der Waals surface area contributed by atoms with E-state index in [9.17, 15) is 18.4 Å². The van der Waals surface area contributed by atoms with Gasteiger partial charge < -0.3 is 14.8 Å². The highest BCUT2D eigenvalue weighted by atomic mass is 19.1. The van der Waals surface area contributed by atoms with Gasteiger partial charge in [0.25, 0.3) is 0 Å². The highest BCUT2D eigenvalue weighted by molar-refractivity contribution is 5.83. The van der Waals surface area contributed by atoms with E-state index in [0.29, 0.717) is 0 Å². The van der Waals surface area contributed by atoms with Gasteiger partial charge >= 0.3 is 5.97 Å². The highest BCUT2D eigenvalue weighted by Crippen LogP contribution is 2.24. The summed E-state index contributed by atoms with van der Waals surface area (Å²) in [5, 5.41) is 11.0. The molecule has 0 fully saturated rings. The SMILES string of the molecule is C[C@H](NC(=O)CCc1ncc(-c2ccc(F)cc2F)o1)C(=O)O. The molecule has 1 atom stereocenters. The quantitative estimate of drug-likeness (QED) is 0.849. The van der Waals surface area contributed by atoms with Crippen LogP contribution >= 0.6 is 0 Å². The first kappa shape index (κ1) is 16.6. The summed E-state index contributed by atoms with van der Waals surface area (Å²) in [5.41, 5.74) is 0.0640. The molecule has 23 heavy (non-hydrogen) atoms. The summed E-state index contributed by atoms with van der Waals surface area (Å²) in [6, 6.07) is 2.08. The third kappa shape index (κ3) is 4.35. The van der Waals surface area contributed by atoms with Crippen molar-refractivity contribution in [2.24, 2.45) is 0 Å². The molecule has 8 heteroatoms. The molecule has 1 amide bonds. The van der Waals surface area contributed by atoms with E-state index in [0.717, 1.165) is 12.1 Å². The normalized spacial score (nSPS) is 12.0. The van der Waals surface area contributed by atoms with Crippen LogP contribution in [0.4, 0.5) is 8.78 Å². The number of halogens is 2. The van der Waals surface area contributed by atoms with Gasteiger partial charge in [-0.15, -0.1) is 0 Å². The number of carbonyl (C=O) groups is 2. The zero-order chi connectivity index (χ0) is 17.0. The molecule has 1 aromatic heterocycles. The number of hydrogen-bond acceptors (Lipinski definition) is 4. The standard InChI is InChI=1S/C15H14F2N2O4/c1-8(15(21)22)19-13(20)4-5-14-18-7-12(23-14)10-3-2-9(16)6-11(10)17/h2-3,6-8H,4-5H2,1H3,(H,19,20)(H,21,22)/t8-/m0/s1. The van der Waals surface area contributed by atoms with E-state index in [1.54, 1.807) is 0 Å². The number of aromatic nitrogens is 1. The first-order valence-corrected chi connectivity index (χ1v) is 6.79. The molecule has 2 N–H and O–H groups in total. The maximum Gasteiger partial charge on any atom is 0.325 e. The van der Waals surface area contributed by atoms with Crippen LogP contribution in [0.15, 0.2) is 28.8 Å². The second kappa shape index (κ2) is 6.99. The molecule has 0 unspecified atom stereocenters. The van der Waals surface area contributed by atoms with Gasteiger partial charge in [-0.25, -0.2) is 13.8 Å². The lowest BCUT2D eigenvalue weighted by atomic mass is 10.2. The monoisotopic (exact) mass is 324 g/mol. The van der Waals surface area contributed by atoms with Crippen molar-refractivity contribution in [2.45, 2.75) is 25.8 Å². The Morgan fingerprint density at radius 1 is 1.39 bits per heavy atom. The number of oxazole rings is 1. The lowest BCUT2D eigenvalue weighted by Gasteiger charge is -2.07. The third-order valence-electron chi connectivity index (χ3n) is 3.06. The Morgan fingerprint density at radius 3 is 2.78 bits per heavy atom. The molecular formula is C15H14F2N2O4. The molecule has 0 saturated heterocycles. The number of hydrogen-bond donors (Lipinski definition) is 2. The van der Waals surface area contributed by atoms with E-state index in [1.807, 2.05) is 0 Å². The van der Waals surface area contributed by atoms with Gasteiger partial charge in [-0.05, 0) is 19.1 Å². The van der Waals surface area contributed by atoms with E-state index >= 15 is 0 Å². The van der Waals surface area contributed by atoms with Crippen molar-refractivity contribution in [1.29, 1.82) is 0 Å². The highest BCUT2D eigenvalue weighted by Gasteiger charge is 2.16. The second-order valence-electron chi connectivity index (χ2n) is 4.87. The van der Waals surface area contributed by atoms with Crippen LogP contribution in [0.1, 0.15) is 19.2 Å². The Kier molecular flexibility index (Phi) is 5.05. The van der Waals surface area contributed by atoms with Crippen molar-refractivity contribution in [3.63, 3.8) is 0 Å². The van der Waals surface area contributed by atoms with Gasteiger partial charge in [0.1, 0.15) is 17.7 Å². The summed E-state index contributed by atoms with van der Waals surface area (Å²) in [7, 11) is 0. The van der Waals surface area contributed by atoms with Crippen molar-refractivity contribution in [3.8, 4) is 11.3 Å². The zero-order valence-electron chi connectivity index (χ0n) is 12.2. The smallest absolute Gasteiger partial charge is 0.325 e. The van der Waals surface area contributed by atoms with Crippen molar-refractivity contribution in [2.75, 3.05) is 0 Å². The number of carboxylic acid groups (broad SMARTS) is 1. The molecule has 0 radical (unpaired) electrons. The fourth-order valence-electron chi connectivity index (χ4n) is 1.84. The number of carbonyl (C=O) groups excluding carboxylic acids is 1. The van der Waals surface area contributed by atoms with E-state index in [1.165, 1.54) is 19.2 Å². The van der Waals surface area contributed by atoms with Crippen LogP contribution in [0.5, 0.6) is 0 Å². The topological polar surface area (TPSA) is 92.4 Å². The molecule has 0 bridgehead atoms. The number of aliphatic carboxylic acids is 1. The van der Waals surface area contributed by atoms with E-state index in [2.05, 4.69) is 10.3 Å². The Morgan fingerprint density at radius 2 is 2.13 bits per heavy atom. The summed E-state index contributed by atoms with van der Waals surface area (Å²) in [5.74, 6) is -2.76. The van der Waals surface area contributed by atoms with Crippen molar-refractivity contribution >= 4 is 11.9 Å². The summed E-state index contributed by atoms with van der Waals surface area (Å²) >= 11 is 0. The first-order valence-electron chi connectivity index (χ1n) is 6.79. The largest absolute Gasteiger partial charge is 0.480 e. The Balaban J connectivity index is 1.97. The van der Waals surface area contributed by atoms with Crippen LogP contribution in [0, 0.1) is 11.6 Å². The minimum Gasteiger partial charge on any atom is -0.480 e. The van der Waals surface area contributed by atoms with E-state index < -0.39 is 29.6 Å². The maximum atomic E-state index is 13.6. The first-order chi connectivity index (χ1) is 10.9.